The van der Waals surface area contributed by atoms with Crippen LogP contribution in [-0.2, 0) is 26.2 Å². The van der Waals surface area contributed by atoms with Crippen LogP contribution in [0.1, 0.15) is 47.0 Å². The summed E-state index contributed by atoms with van der Waals surface area (Å²) in [6.45, 7) is 13.1. The summed E-state index contributed by atoms with van der Waals surface area (Å²) in [7, 11) is 0.750. The van der Waals surface area contributed by atoms with E-state index in [0.717, 1.165) is 22.4 Å². The molecule has 1 unspecified atom stereocenters. The molecular weight excluding hydrogens is 458 g/mol. The first-order valence-corrected chi connectivity index (χ1v) is 13.0. The molecule has 0 amide bonds. The monoisotopic (exact) mass is 494 g/mol. The predicted octanol–water partition coefficient (Wildman–Crippen LogP) is 8.18. The van der Waals surface area contributed by atoms with Crippen molar-refractivity contribution in [2.45, 2.75) is 66.1 Å². The number of nitrogens with one attached hydrogen (secondary N) is 1. The van der Waals surface area contributed by atoms with Crippen LogP contribution in [0.15, 0.2) is 77.4 Å². The maximum atomic E-state index is 6.91. The van der Waals surface area contributed by atoms with Gasteiger partial charge in [-0.1, -0.05) is 120 Å². The summed E-state index contributed by atoms with van der Waals surface area (Å²) in [6, 6.07) is 21.1. The summed E-state index contributed by atoms with van der Waals surface area (Å²) in [5.41, 5.74) is 13.7. The molecule has 2 aliphatic carbocycles. The maximum Gasteiger partial charge on any atom is 2.00 e. The Bertz CT molecular complexity index is 711. The van der Waals surface area contributed by atoms with Crippen LogP contribution in [0, 0.1) is 12.0 Å². The molecule has 159 valence electrons. The number of hydrogen-bond donors (Lipinski definition) is 0. The van der Waals surface area contributed by atoms with E-state index in [-0.39, 0.29) is 26.2 Å². The van der Waals surface area contributed by atoms with Gasteiger partial charge in [-0.25, -0.2) is 5.57 Å². The Balaban J connectivity index is 0.000000413. The quantitative estimate of drug-likeness (QED) is 0.281. The van der Waals surface area contributed by atoms with Gasteiger partial charge in [-0.15, -0.1) is 13.0 Å². The van der Waals surface area contributed by atoms with Gasteiger partial charge in [0.15, 0.2) is 0 Å². The molecule has 0 bridgehead atoms. The minimum atomic E-state index is 0. The van der Waals surface area contributed by atoms with E-state index in [1.165, 1.54) is 34.3 Å². The van der Waals surface area contributed by atoms with Crippen molar-refractivity contribution in [2.24, 2.45) is 5.92 Å². The number of rotatable bonds is 1. The van der Waals surface area contributed by atoms with Gasteiger partial charge in [-0.3, -0.25) is 6.08 Å². The summed E-state index contributed by atoms with van der Waals surface area (Å²) in [4.78, 5) is 0. The zero-order valence-corrected chi connectivity index (χ0v) is 23.2. The average molecular weight is 496 g/mol. The topological polar surface area (TPSA) is 23.8 Å². The minimum absolute atomic E-state index is 0. The predicted molar refractivity (Wildman–Crippen MR) is 133 cm³/mol. The Kier molecular flexibility index (Phi) is 16.1. The van der Waals surface area contributed by atoms with Gasteiger partial charge in [0.25, 0.3) is 0 Å². The van der Waals surface area contributed by atoms with Crippen molar-refractivity contribution in [1.82, 2.24) is 0 Å². The van der Waals surface area contributed by atoms with Crippen molar-refractivity contribution in [1.29, 1.82) is 0 Å². The first kappa shape index (κ1) is 29.0. The fourth-order valence-electron chi connectivity index (χ4n) is 2.83. The summed E-state index contributed by atoms with van der Waals surface area (Å²) >= 11 is 0. The number of allylic oxidation sites excluding steroid dienone is 4. The first-order chi connectivity index (χ1) is 13.9. The van der Waals surface area contributed by atoms with Gasteiger partial charge in [0.1, 0.15) is 0 Å². The van der Waals surface area contributed by atoms with E-state index in [1.807, 2.05) is 12.1 Å². The third-order valence-electron chi connectivity index (χ3n) is 5.22. The van der Waals surface area contributed by atoms with Crippen molar-refractivity contribution in [3.8, 4) is 11.1 Å². The van der Waals surface area contributed by atoms with Crippen molar-refractivity contribution in [3.63, 3.8) is 0 Å². The minimum Gasteiger partial charge on any atom is -0.675 e. The van der Waals surface area contributed by atoms with Crippen LogP contribution in [-0.4, -0.2) is 15.6 Å². The molecule has 3 heteroatoms. The van der Waals surface area contributed by atoms with Crippen LogP contribution >= 0.6 is 0 Å². The molecule has 1 radical (unpaired) electrons. The van der Waals surface area contributed by atoms with Crippen LogP contribution in [0.2, 0.25) is 13.1 Å². The molecule has 4 rings (SSSR count). The van der Waals surface area contributed by atoms with Gasteiger partial charge in [0, 0.05) is 9.52 Å². The summed E-state index contributed by atoms with van der Waals surface area (Å²) in [5.74, 6) is 0.560. The smallest absolute Gasteiger partial charge is 0.675 e. The van der Waals surface area contributed by atoms with Gasteiger partial charge < -0.3 is 5.73 Å². The van der Waals surface area contributed by atoms with E-state index >= 15 is 0 Å². The normalized spacial score (nSPS) is 16.9. The maximum absolute atomic E-state index is 6.91. The van der Waals surface area contributed by atoms with E-state index in [2.05, 4.69) is 95.4 Å². The van der Waals surface area contributed by atoms with Crippen LogP contribution in [0.3, 0.4) is 0 Å². The largest absolute Gasteiger partial charge is 2.00 e. The molecular formula is C27H38NSiZr. The average Bonchev–Trinajstić information content (AvgIpc) is 2.95. The van der Waals surface area contributed by atoms with Crippen molar-refractivity contribution in [3.05, 3.63) is 89.2 Å². The Morgan fingerprint density at radius 3 is 1.37 bits per heavy atom. The van der Waals surface area contributed by atoms with E-state index < -0.39 is 0 Å². The fraction of sp³-hybridized carbons (Fsp3) is 0.407. The third-order valence-corrected chi connectivity index (χ3v) is 5.22. The summed E-state index contributed by atoms with van der Waals surface area (Å²) in [6.07, 6.45) is 6.96. The molecule has 0 heterocycles. The van der Waals surface area contributed by atoms with Gasteiger partial charge >= 0.3 is 26.2 Å². The molecule has 2 aromatic rings. The van der Waals surface area contributed by atoms with Gasteiger partial charge in [0.2, 0.25) is 0 Å². The Labute approximate surface area is 207 Å². The van der Waals surface area contributed by atoms with Crippen molar-refractivity contribution in [2.75, 3.05) is 0 Å². The Hall–Kier alpha value is -1.02. The van der Waals surface area contributed by atoms with E-state index in [1.54, 1.807) is 0 Å². The Morgan fingerprint density at radius 2 is 1.20 bits per heavy atom. The van der Waals surface area contributed by atoms with Crippen LogP contribution < -0.4 is 0 Å². The molecule has 1 nitrogen and oxygen atoms in total. The third kappa shape index (κ3) is 10.8. The molecule has 1 atom stereocenters. The molecule has 2 aromatic carbocycles. The number of benzene rings is 2. The Morgan fingerprint density at radius 1 is 0.833 bits per heavy atom. The van der Waals surface area contributed by atoms with Crippen LogP contribution in [0.25, 0.3) is 16.9 Å². The first-order valence-electron chi connectivity index (χ1n) is 10.7. The van der Waals surface area contributed by atoms with Gasteiger partial charge in [-0.2, -0.15) is 11.1 Å². The zero-order chi connectivity index (χ0) is 21.6. The molecule has 0 aromatic heterocycles. The van der Waals surface area contributed by atoms with Gasteiger partial charge in [-0.05, 0) is 11.1 Å². The zero-order valence-electron chi connectivity index (χ0n) is 19.6. The summed E-state index contributed by atoms with van der Waals surface area (Å²) in [5, 5.41) is 0. The van der Waals surface area contributed by atoms with E-state index in [4.69, 9.17) is 5.73 Å². The van der Waals surface area contributed by atoms with Crippen LogP contribution in [0.5, 0.6) is 0 Å². The van der Waals surface area contributed by atoms with E-state index in [9.17, 15) is 0 Å². The molecule has 0 spiro atoms. The second kappa shape index (κ2) is 16.6. The molecule has 1 saturated carbocycles. The number of hydrogen-bond acceptors (Lipinski definition) is 0. The molecule has 1 fully saturated rings. The second-order valence-electron chi connectivity index (χ2n) is 7.74. The molecule has 1 N–H and O–H groups in total. The summed E-state index contributed by atoms with van der Waals surface area (Å²) < 4.78 is 0. The standard InChI is InChI=1S/C12H10.C9H13.C4H8N.C2H7Si.Zr/c1-3-7-11(8-4-1)12-9-5-2-6-10-12;1-6-5-7(2)9(4)8(6)3;5-4-2-1-3-4;1-3-2;/h1-10H;6H,1-4H3;4-5H,1-3H2;3H,1-2H3;/q;2*-1;;+2. The SMILES string of the molecule is CC1=[C-]C(C)C(C)=C1C.C[SiH]C.[NH-]C1CCC1.[Zr+2].c1ccc(-c2ccccc2)cc1. The van der Waals surface area contributed by atoms with Gasteiger partial charge in [0.05, 0.1) is 0 Å². The van der Waals surface area contributed by atoms with Crippen molar-refractivity contribution >= 4 is 9.52 Å². The molecule has 0 saturated heterocycles. The molecule has 30 heavy (non-hydrogen) atoms. The molecule has 0 aliphatic heterocycles. The van der Waals surface area contributed by atoms with Crippen molar-refractivity contribution < 1.29 is 26.2 Å². The van der Waals surface area contributed by atoms with E-state index in [0.29, 0.717) is 12.0 Å². The molecule has 2 aliphatic rings. The van der Waals surface area contributed by atoms with Crippen LogP contribution in [0.4, 0.5) is 0 Å². The fourth-order valence-corrected chi connectivity index (χ4v) is 2.83. The second-order valence-corrected chi connectivity index (χ2v) is 8.89.